The molecule has 0 aliphatic carbocycles. The highest BCUT2D eigenvalue weighted by atomic mass is 16.5. The van der Waals surface area contributed by atoms with E-state index in [4.69, 9.17) is 4.74 Å². The Balaban J connectivity index is 2.33. The Hall–Kier alpha value is -1.56. The number of hydrogen-bond donors (Lipinski definition) is 2. The van der Waals surface area contributed by atoms with E-state index in [2.05, 4.69) is 15.7 Å². The first-order chi connectivity index (χ1) is 8.02. The highest BCUT2D eigenvalue weighted by molar-refractivity contribution is 5.78. The summed E-state index contributed by atoms with van der Waals surface area (Å²) in [5, 5.41) is 10.1. The van der Waals surface area contributed by atoms with Gasteiger partial charge in [0.15, 0.2) is 0 Å². The van der Waals surface area contributed by atoms with Crippen LogP contribution in [0.4, 0.5) is 0 Å². The molecular weight excluding hydrogens is 220 g/mol. The number of ether oxygens (including phenoxy) is 1. The minimum absolute atomic E-state index is 0.0112. The molecule has 96 valence electrons. The van der Waals surface area contributed by atoms with E-state index in [1.807, 2.05) is 27.0 Å². The van der Waals surface area contributed by atoms with E-state index >= 15 is 0 Å². The van der Waals surface area contributed by atoms with Crippen molar-refractivity contribution in [2.45, 2.75) is 26.4 Å². The molecule has 0 aliphatic rings. The van der Waals surface area contributed by atoms with Crippen molar-refractivity contribution >= 4 is 5.91 Å². The lowest BCUT2D eigenvalue weighted by Gasteiger charge is -2.08. The monoisotopic (exact) mass is 240 g/mol. The summed E-state index contributed by atoms with van der Waals surface area (Å²) in [7, 11) is 3.41. The molecule has 0 atom stereocenters. The molecule has 2 N–H and O–H groups in total. The van der Waals surface area contributed by atoms with E-state index in [0.717, 1.165) is 5.69 Å². The van der Waals surface area contributed by atoms with Gasteiger partial charge in [-0.3, -0.25) is 4.79 Å². The molecule has 6 heteroatoms. The van der Waals surface area contributed by atoms with Gasteiger partial charge in [-0.05, 0) is 13.8 Å². The molecule has 0 radical (unpaired) electrons. The third-order valence-electron chi connectivity index (χ3n) is 2.14. The van der Waals surface area contributed by atoms with Gasteiger partial charge >= 0.3 is 0 Å². The van der Waals surface area contributed by atoms with Gasteiger partial charge in [-0.15, -0.1) is 0 Å². The molecular formula is C11H20N4O2. The smallest absolute Gasteiger partial charge is 0.234 e. The first-order valence-corrected chi connectivity index (χ1v) is 5.60. The maximum atomic E-state index is 11.3. The summed E-state index contributed by atoms with van der Waals surface area (Å²) >= 11 is 0. The molecule has 1 aromatic rings. The largest absolute Gasteiger partial charge is 0.481 e. The molecule has 0 spiro atoms. The molecule has 17 heavy (non-hydrogen) atoms. The molecule has 6 nitrogen and oxygen atoms in total. The summed E-state index contributed by atoms with van der Waals surface area (Å²) in [6, 6.07) is 2.01. The number of rotatable bonds is 6. The van der Waals surface area contributed by atoms with E-state index in [9.17, 15) is 4.79 Å². The van der Waals surface area contributed by atoms with Crippen molar-refractivity contribution < 1.29 is 9.53 Å². The third kappa shape index (κ3) is 4.44. The van der Waals surface area contributed by atoms with E-state index < -0.39 is 0 Å². The predicted molar refractivity (Wildman–Crippen MR) is 64.7 cm³/mol. The number of carbonyl (C=O) groups is 1. The fourth-order valence-corrected chi connectivity index (χ4v) is 1.46. The van der Waals surface area contributed by atoms with Crippen molar-refractivity contribution in [2.75, 3.05) is 13.7 Å². The van der Waals surface area contributed by atoms with Crippen LogP contribution in [0.5, 0.6) is 5.88 Å². The van der Waals surface area contributed by atoms with Crippen LogP contribution >= 0.6 is 0 Å². The van der Waals surface area contributed by atoms with Crippen LogP contribution in [0, 0.1) is 0 Å². The minimum atomic E-state index is -0.0112. The van der Waals surface area contributed by atoms with Gasteiger partial charge < -0.3 is 15.4 Å². The highest BCUT2D eigenvalue weighted by Gasteiger charge is 2.06. The van der Waals surface area contributed by atoms with Crippen LogP contribution in [0.2, 0.25) is 0 Å². The molecule has 1 heterocycles. The molecule has 0 aromatic carbocycles. The molecule has 1 amide bonds. The standard InChI is InChI=1S/C11H20N4O2/c1-8(2)13-10(16)7-12-6-9-5-11(17-4)15(3)14-9/h5,8,12H,6-7H2,1-4H3,(H,13,16). The molecule has 1 rings (SSSR count). The second-order valence-electron chi connectivity index (χ2n) is 4.13. The molecule has 1 aromatic heterocycles. The van der Waals surface area contributed by atoms with Gasteiger partial charge in [0.05, 0.1) is 19.3 Å². The summed E-state index contributed by atoms with van der Waals surface area (Å²) in [4.78, 5) is 11.3. The summed E-state index contributed by atoms with van der Waals surface area (Å²) in [6.07, 6.45) is 0. The van der Waals surface area contributed by atoms with E-state index in [-0.39, 0.29) is 18.5 Å². The van der Waals surface area contributed by atoms with Crippen LogP contribution in [0.25, 0.3) is 0 Å². The van der Waals surface area contributed by atoms with Gasteiger partial charge in [0.2, 0.25) is 11.8 Å². The lowest BCUT2D eigenvalue weighted by molar-refractivity contribution is -0.120. The van der Waals surface area contributed by atoms with Crippen molar-refractivity contribution in [1.82, 2.24) is 20.4 Å². The molecule has 0 saturated heterocycles. The Morgan fingerprint density at radius 3 is 2.82 bits per heavy atom. The molecule has 0 unspecified atom stereocenters. The summed E-state index contributed by atoms with van der Waals surface area (Å²) < 4.78 is 6.76. The lowest BCUT2D eigenvalue weighted by Crippen LogP contribution is -2.37. The normalized spacial score (nSPS) is 10.6. The molecule has 0 fully saturated rings. The van der Waals surface area contributed by atoms with Gasteiger partial charge in [-0.2, -0.15) is 5.10 Å². The van der Waals surface area contributed by atoms with Crippen molar-refractivity contribution in [3.05, 3.63) is 11.8 Å². The number of carbonyl (C=O) groups excluding carboxylic acids is 1. The quantitative estimate of drug-likeness (QED) is 0.737. The van der Waals surface area contributed by atoms with Crippen LogP contribution in [0.1, 0.15) is 19.5 Å². The third-order valence-corrected chi connectivity index (χ3v) is 2.14. The number of nitrogens with one attached hydrogen (secondary N) is 2. The number of aryl methyl sites for hydroxylation is 1. The maximum absolute atomic E-state index is 11.3. The minimum Gasteiger partial charge on any atom is -0.481 e. The Kier molecular flexibility index (Phi) is 4.96. The average molecular weight is 240 g/mol. The average Bonchev–Trinajstić information content (AvgIpc) is 2.57. The number of hydrogen-bond acceptors (Lipinski definition) is 4. The second kappa shape index (κ2) is 6.24. The van der Waals surface area contributed by atoms with Crippen LogP contribution in [-0.4, -0.2) is 35.4 Å². The molecule has 0 bridgehead atoms. The topological polar surface area (TPSA) is 68.2 Å². The predicted octanol–water partition coefficient (Wildman–Crippen LogP) is 0.0429. The number of aromatic nitrogens is 2. The second-order valence-corrected chi connectivity index (χ2v) is 4.13. The van der Waals surface area contributed by atoms with E-state index in [0.29, 0.717) is 12.4 Å². The fraction of sp³-hybridized carbons (Fsp3) is 0.636. The summed E-state index contributed by atoms with van der Waals surface area (Å²) in [5.74, 6) is 0.691. The van der Waals surface area contributed by atoms with Crippen molar-refractivity contribution in [1.29, 1.82) is 0 Å². The molecule has 0 aliphatic heterocycles. The first kappa shape index (κ1) is 13.5. The SMILES string of the molecule is COc1cc(CNCC(=O)NC(C)C)nn1C. The van der Waals surface area contributed by atoms with Gasteiger partial charge in [-0.25, -0.2) is 4.68 Å². The van der Waals surface area contributed by atoms with Crippen LogP contribution in [0.3, 0.4) is 0 Å². The lowest BCUT2D eigenvalue weighted by atomic mass is 10.4. The first-order valence-electron chi connectivity index (χ1n) is 5.60. The zero-order chi connectivity index (χ0) is 12.8. The Bertz CT molecular complexity index is 374. The van der Waals surface area contributed by atoms with Gasteiger partial charge in [0.1, 0.15) is 0 Å². The van der Waals surface area contributed by atoms with Crippen LogP contribution < -0.4 is 15.4 Å². The van der Waals surface area contributed by atoms with Crippen molar-refractivity contribution in [3.63, 3.8) is 0 Å². The van der Waals surface area contributed by atoms with Crippen molar-refractivity contribution in [2.24, 2.45) is 7.05 Å². The van der Waals surface area contributed by atoms with E-state index in [1.165, 1.54) is 0 Å². The summed E-state index contributed by atoms with van der Waals surface area (Å²) in [5.41, 5.74) is 0.849. The van der Waals surface area contributed by atoms with Crippen LogP contribution in [-0.2, 0) is 18.4 Å². The Morgan fingerprint density at radius 1 is 1.59 bits per heavy atom. The highest BCUT2D eigenvalue weighted by Crippen LogP contribution is 2.10. The maximum Gasteiger partial charge on any atom is 0.234 e. The Labute approximate surface area is 101 Å². The number of amides is 1. The van der Waals surface area contributed by atoms with Gasteiger partial charge in [0.25, 0.3) is 0 Å². The van der Waals surface area contributed by atoms with Crippen molar-refractivity contribution in [3.8, 4) is 5.88 Å². The zero-order valence-corrected chi connectivity index (χ0v) is 10.8. The fourth-order valence-electron chi connectivity index (χ4n) is 1.46. The zero-order valence-electron chi connectivity index (χ0n) is 10.8. The Morgan fingerprint density at radius 2 is 2.29 bits per heavy atom. The summed E-state index contributed by atoms with van der Waals surface area (Å²) in [6.45, 7) is 4.70. The number of nitrogens with zero attached hydrogens (tertiary/aromatic N) is 2. The number of methoxy groups -OCH3 is 1. The van der Waals surface area contributed by atoms with Crippen LogP contribution in [0.15, 0.2) is 6.07 Å². The molecule has 0 saturated carbocycles. The van der Waals surface area contributed by atoms with Gasteiger partial charge in [-0.1, -0.05) is 0 Å². The van der Waals surface area contributed by atoms with E-state index in [1.54, 1.807) is 11.8 Å². The van der Waals surface area contributed by atoms with Gasteiger partial charge in [0, 0.05) is 25.7 Å².